The van der Waals surface area contributed by atoms with Gasteiger partial charge < -0.3 is 6.53 Å². The van der Waals surface area contributed by atoms with Gasteiger partial charge in [0.2, 0.25) is 5.78 Å². The Kier molecular flexibility index (Phi) is 16.5. The van der Waals surface area contributed by atoms with Crippen LogP contribution in [0.4, 0.5) is 0 Å². The standard InChI is InChI=1S/C3H4O3.Na.H2O3Se.H/c1-2(4)3(5)6;;1-4(2)3;/h1H3,(H,5,6);;(H2,1,2,3);/q;+1;;-1. The van der Waals surface area contributed by atoms with Gasteiger partial charge in [-0.05, 0) is 0 Å². The molecule has 8 heteroatoms. The van der Waals surface area contributed by atoms with Crippen LogP contribution < -0.4 is 29.6 Å². The molecule has 0 amide bonds. The van der Waals surface area contributed by atoms with Crippen LogP contribution in [-0.4, -0.2) is 39.7 Å². The summed E-state index contributed by atoms with van der Waals surface area (Å²) in [5, 5.41) is 7.64. The number of ketones is 1. The number of hydrogen-bond acceptors (Lipinski definition) is 3. The van der Waals surface area contributed by atoms with E-state index in [-0.39, 0.29) is 31.0 Å². The van der Waals surface area contributed by atoms with Gasteiger partial charge in [-0.1, -0.05) is 0 Å². The number of carboxylic acids is 1. The summed E-state index contributed by atoms with van der Waals surface area (Å²) in [6, 6.07) is 0. The molecule has 0 aliphatic rings. The van der Waals surface area contributed by atoms with Crippen molar-refractivity contribution in [3.8, 4) is 0 Å². The van der Waals surface area contributed by atoms with Crippen LogP contribution in [0.25, 0.3) is 0 Å². The van der Waals surface area contributed by atoms with E-state index in [0.717, 1.165) is 6.92 Å². The van der Waals surface area contributed by atoms with Gasteiger partial charge in [-0.25, -0.2) is 4.79 Å². The summed E-state index contributed by atoms with van der Waals surface area (Å²) in [6.07, 6.45) is 0. The Bertz CT molecular complexity index is 145. The van der Waals surface area contributed by atoms with Crippen LogP contribution >= 0.6 is 0 Å². The molecule has 0 aliphatic carbocycles. The second-order valence-corrected chi connectivity index (χ2v) is 2.06. The maximum Gasteiger partial charge on any atom is 1.00 e. The number of carbonyl (C=O) groups is 2. The normalized spacial score (nSPS) is 7.27. The second kappa shape index (κ2) is 10.4. The Labute approximate surface area is 90.7 Å². The monoisotopic (exact) mass is 242 g/mol. The van der Waals surface area contributed by atoms with E-state index in [1.54, 1.807) is 0 Å². The van der Waals surface area contributed by atoms with Crippen molar-refractivity contribution in [2.75, 3.05) is 0 Å². The molecular formula is C3H7NaO6Se. The van der Waals surface area contributed by atoms with Gasteiger partial charge in [0.1, 0.15) is 0 Å². The van der Waals surface area contributed by atoms with Gasteiger partial charge in [-0.2, -0.15) is 0 Å². The van der Waals surface area contributed by atoms with E-state index < -0.39 is 26.2 Å². The predicted molar refractivity (Wildman–Crippen MR) is 30.3 cm³/mol. The van der Waals surface area contributed by atoms with Gasteiger partial charge in [0.05, 0.1) is 0 Å². The first-order valence-corrected chi connectivity index (χ1v) is 4.15. The minimum atomic E-state index is -3.29. The molecule has 0 rings (SSSR count). The van der Waals surface area contributed by atoms with Gasteiger partial charge in [0, 0.05) is 6.92 Å². The first-order chi connectivity index (χ1) is 4.37. The third kappa shape index (κ3) is 38.0. The minimum Gasteiger partial charge on any atom is -1.00 e. The molecule has 0 heterocycles. The van der Waals surface area contributed by atoms with Crippen molar-refractivity contribution < 1.29 is 57.9 Å². The quantitative estimate of drug-likeness (QED) is 0.313. The molecule has 0 spiro atoms. The van der Waals surface area contributed by atoms with Crippen molar-refractivity contribution in [1.82, 2.24) is 0 Å². The molecule has 0 saturated heterocycles. The van der Waals surface area contributed by atoms with E-state index in [1.165, 1.54) is 0 Å². The average Bonchev–Trinajstić information content (AvgIpc) is 1.63. The zero-order valence-electron chi connectivity index (χ0n) is 6.97. The van der Waals surface area contributed by atoms with Crippen LogP contribution in [0.5, 0.6) is 0 Å². The third-order valence-corrected chi connectivity index (χ3v) is 0.301. The van der Waals surface area contributed by atoms with Crippen LogP contribution in [0.1, 0.15) is 8.35 Å². The Balaban J connectivity index is -0.0000000483. The molecule has 0 unspecified atom stereocenters. The summed E-state index contributed by atoms with van der Waals surface area (Å²) in [5.41, 5.74) is 0. The van der Waals surface area contributed by atoms with E-state index in [9.17, 15) is 9.59 Å². The largest absolute Gasteiger partial charge is 1.00 e. The fourth-order valence-electron chi connectivity index (χ4n) is 0. The van der Waals surface area contributed by atoms with Gasteiger partial charge in [-0.15, -0.1) is 0 Å². The van der Waals surface area contributed by atoms with Crippen molar-refractivity contribution >= 4 is 26.2 Å². The maximum absolute atomic E-state index is 9.54. The summed E-state index contributed by atoms with van der Waals surface area (Å²) >= 11 is -3.29. The van der Waals surface area contributed by atoms with Crippen molar-refractivity contribution in [2.45, 2.75) is 6.92 Å². The molecule has 0 bridgehead atoms. The summed E-state index contributed by atoms with van der Waals surface area (Å²) in [4.78, 5) is 18.9. The molecule has 3 N–H and O–H groups in total. The number of carbonyl (C=O) groups excluding carboxylic acids is 1. The minimum absolute atomic E-state index is 0. The van der Waals surface area contributed by atoms with Crippen molar-refractivity contribution in [1.29, 1.82) is 0 Å². The van der Waals surface area contributed by atoms with E-state index in [1.807, 2.05) is 0 Å². The molecule has 0 aromatic rings. The fraction of sp³-hybridized carbons (Fsp3) is 0.333. The van der Waals surface area contributed by atoms with E-state index in [0.29, 0.717) is 0 Å². The Hall–Kier alpha value is 0.379. The molecule has 0 saturated carbocycles. The van der Waals surface area contributed by atoms with Crippen LogP contribution in [0.2, 0.25) is 0 Å². The molecule has 0 radical (unpaired) electrons. The predicted octanol–water partition coefficient (Wildman–Crippen LogP) is -4.84. The average molecular weight is 241 g/mol. The first-order valence-electron chi connectivity index (χ1n) is 1.91. The zero-order chi connectivity index (χ0) is 8.73. The summed E-state index contributed by atoms with van der Waals surface area (Å²) in [6.45, 7) is 1.00. The molecule has 0 aromatic heterocycles. The number of aliphatic carboxylic acids is 1. The van der Waals surface area contributed by atoms with E-state index in [2.05, 4.69) is 0 Å². The molecular weight excluding hydrogens is 234 g/mol. The Morgan fingerprint density at radius 1 is 1.36 bits per heavy atom. The van der Waals surface area contributed by atoms with Gasteiger partial charge in [0.15, 0.2) is 0 Å². The Morgan fingerprint density at radius 3 is 1.45 bits per heavy atom. The van der Waals surface area contributed by atoms with Crippen LogP contribution in [-0.2, 0) is 13.4 Å². The SMILES string of the molecule is CC(=O)C(=O)O.O=[Se](O)O.[H-].[Na+]. The topological polar surface area (TPSA) is 112 Å². The molecule has 11 heavy (non-hydrogen) atoms. The summed E-state index contributed by atoms with van der Waals surface area (Å²) in [5.74, 6) is -2.20. The zero-order valence-corrected chi connectivity index (χ0v) is 9.69. The Morgan fingerprint density at radius 2 is 1.45 bits per heavy atom. The smallest absolute Gasteiger partial charge is 1.00 e. The van der Waals surface area contributed by atoms with Crippen molar-refractivity contribution in [2.24, 2.45) is 0 Å². The van der Waals surface area contributed by atoms with Gasteiger partial charge >= 0.3 is 62.2 Å². The van der Waals surface area contributed by atoms with Gasteiger partial charge in [-0.3, -0.25) is 4.79 Å². The third-order valence-electron chi connectivity index (χ3n) is 0.301. The molecule has 0 aromatic carbocycles. The number of rotatable bonds is 1. The molecule has 0 fully saturated rings. The number of hydrogen-bond donors (Lipinski definition) is 3. The molecule has 0 aliphatic heterocycles. The van der Waals surface area contributed by atoms with Crippen molar-refractivity contribution in [3.63, 3.8) is 0 Å². The molecule has 6 nitrogen and oxygen atoms in total. The van der Waals surface area contributed by atoms with E-state index >= 15 is 0 Å². The number of carboxylic acid groups (broad SMARTS) is 1. The van der Waals surface area contributed by atoms with Crippen molar-refractivity contribution in [3.05, 3.63) is 0 Å². The van der Waals surface area contributed by atoms with Crippen LogP contribution in [0, 0.1) is 0 Å². The first kappa shape index (κ1) is 17.5. The second-order valence-electron chi connectivity index (χ2n) is 1.09. The van der Waals surface area contributed by atoms with E-state index in [4.69, 9.17) is 17.3 Å². The number of Topliss-reactive ketones (excluding diaryl/α,β-unsaturated/α-hetero) is 1. The van der Waals surface area contributed by atoms with Crippen LogP contribution in [0.15, 0.2) is 0 Å². The fourth-order valence-corrected chi connectivity index (χ4v) is 0. The van der Waals surface area contributed by atoms with Gasteiger partial charge in [0.25, 0.3) is 0 Å². The molecule has 62 valence electrons. The molecule has 0 atom stereocenters. The summed E-state index contributed by atoms with van der Waals surface area (Å²) in [7, 11) is 0. The summed E-state index contributed by atoms with van der Waals surface area (Å²) < 4.78 is 23.1. The van der Waals surface area contributed by atoms with Crippen LogP contribution in [0.3, 0.4) is 0 Å². The maximum atomic E-state index is 9.54.